The topological polar surface area (TPSA) is 8.17 Å². The molecule has 0 aliphatic heterocycles. The molecule has 0 saturated carbocycles. The van der Waals surface area contributed by atoms with Crippen molar-refractivity contribution in [2.24, 2.45) is 0 Å². The molecule has 12 rings (SSSR count). The molecule has 57 heavy (non-hydrogen) atoms. The van der Waals surface area contributed by atoms with Crippen molar-refractivity contribution in [1.82, 2.24) is 4.57 Å². The molecular weight excluding hydrogens is 709 g/mol. The van der Waals surface area contributed by atoms with E-state index in [1.54, 1.807) is 0 Å². The van der Waals surface area contributed by atoms with Crippen molar-refractivity contribution in [2.75, 3.05) is 4.90 Å². The van der Waals surface area contributed by atoms with Crippen molar-refractivity contribution in [3.8, 4) is 16.8 Å². The van der Waals surface area contributed by atoms with Crippen LogP contribution in [0, 0.1) is 0 Å². The number of aromatic nitrogens is 1. The standard InChI is InChI=1S/C54H34N2S/c1-2-13-40(14-3-1)56-50-33-39(27-31-45(50)46-32-26-37-12-5-7-16-44(37)54(46)56)35-23-28-41(29-24-35)55(49-18-10-20-52-53(49)47-17-8-9-19-51(47)57-52)42-30-25-38-22-21-36-11-4-6-15-43(36)48(38)34-42/h1-34H. The summed E-state index contributed by atoms with van der Waals surface area (Å²) in [5, 5.41) is 12.6. The molecule has 0 fully saturated rings. The highest BCUT2D eigenvalue weighted by molar-refractivity contribution is 7.26. The monoisotopic (exact) mass is 742 g/mol. The number of anilines is 3. The zero-order chi connectivity index (χ0) is 37.5. The van der Waals surface area contributed by atoms with Gasteiger partial charge in [-0.05, 0) is 98.7 Å². The van der Waals surface area contributed by atoms with Crippen molar-refractivity contribution in [3.05, 3.63) is 206 Å². The van der Waals surface area contributed by atoms with Gasteiger partial charge in [-0.2, -0.15) is 0 Å². The SMILES string of the molecule is c1ccc(-n2c3cc(-c4ccc(N(c5ccc6ccc7ccccc7c6c5)c5cccc6sc7ccccc7c56)cc4)ccc3c3ccc4ccccc4c32)cc1. The van der Waals surface area contributed by atoms with Gasteiger partial charge in [0.15, 0.2) is 0 Å². The molecule has 0 amide bonds. The van der Waals surface area contributed by atoms with E-state index in [-0.39, 0.29) is 0 Å². The van der Waals surface area contributed by atoms with Crippen LogP contribution in [0.25, 0.3) is 91.1 Å². The molecule has 0 aliphatic carbocycles. The highest BCUT2D eigenvalue weighted by atomic mass is 32.1. The maximum absolute atomic E-state index is 2.45. The second-order valence-corrected chi connectivity index (χ2v) is 16.0. The summed E-state index contributed by atoms with van der Waals surface area (Å²) in [5.74, 6) is 0. The van der Waals surface area contributed by atoms with Crippen LogP contribution in [0.2, 0.25) is 0 Å². The Morgan fingerprint density at radius 2 is 0.982 bits per heavy atom. The molecule has 12 aromatic rings. The lowest BCUT2D eigenvalue weighted by molar-refractivity contribution is 1.19. The molecule has 0 radical (unpaired) electrons. The molecule has 0 unspecified atom stereocenters. The van der Waals surface area contributed by atoms with Crippen molar-refractivity contribution in [1.29, 1.82) is 0 Å². The molecule has 0 aliphatic rings. The van der Waals surface area contributed by atoms with Crippen molar-refractivity contribution < 1.29 is 0 Å². The molecule has 3 heteroatoms. The molecule has 2 heterocycles. The normalized spacial score (nSPS) is 11.9. The van der Waals surface area contributed by atoms with Crippen molar-refractivity contribution in [2.45, 2.75) is 0 Å². The molecule has 266 valence electrons. The molecule has 0 spiro atoms. The van der Waals surface area contributed by atoms with Crippen molar-refractivity contribution in [3.63, 3.8) is 0 Å². The van der Waals surface area contributed by atoms with Gasteiger partial charge in [-0.15, -0.1) is 11.3 Å². The number of hydrogen-bond donors (Lipinski definition) is 0. The lowest BCUT2D eigenvalue weighted by atomic mass is 10.00. The average molecular weight is 743 g/mol. The van der Waals surface area contributed by atoms with Gasteiger partial charge >= 0.3 is 0 Å². The van der Waals surface area contributed by atoms with Gasteiger partial charge in [0, 0.05) is 53.4 Å². The van der Waals surface area contributed by atoms with Gasteiger partial charge in [-0.3, -0.25) is 0 Å². The fourth-order valence-corrected chi connectivity index (χ4v) is 10.2. The molecule has 0 N–H and O–H groups in total. The second kappa shape index (κ2) is 12.7. The number of benzene rings is 10. The van der Waals surface area contributed by atoms with Gasteiger partial charge in [0.1, 0.15) is 0 Å². The average Bonchev–Trinajstić information content (AvgIpc) is 3.83. The largest absolute Gasteiger partial charge is 0.310 e. The number of fused-ring (bicyclic) bond motifs is 11. The van der Waals surface area contributed by atoms with Crippen LogP contribution in [0.1, 0.15) is 0 Å². The highest BCUT2D eigenvalue weighted by Crippen LogP contribution is 2.46. The van der Waals surface area contributed by atoms with Crippen LogP contribution in [0.3, 0.4) is 0 Å². The minimum absolute atomic E-state index is 1.12. The van der Waals surface area contributed by atoms with E-state index in [9.17, 15) is 0 Å². The Bertz CT molecular complexity index is 3520. The third kappa shape index (κ3) is 5.03. The summed E-state index contributed by atoms with van der Waals surface area (Å²) in [5.41, 5.74) is 9.41. The summed E-state index contributed by atoms with van der Waals surface area (Å²) < 4.78 is 5.04. The molecular formula is C54H34N2S. The molecule has 2 nitrogen and oxygen atoms in total. The molecule has 0 bridgehead atoms. The first-order chi connectivity index (χ1) is 28.3. The van der Waals surface area contributed by atoms with Crippen LogP contribution in [0.15, 0.2) is 206 Å². The third-order valence-corrected chi connectivity index (χ3v) is 12.9. The van der Waals surface area contributed by atoms with Gasteiger partial charge in [0.25, 0.3) is 0 Å². The Balaban J connectivity index is 1.05. The van der Waals surface area contributed by atoms with Crippen LogP contribution < -0.4 is 4.90 Å². The molecule has 10 aromatic carbocycles. The number of rotatable bonds is 5. The number of nitrogens with zero attached hydrogens (tertiary/aromatic N) is 2. The first-order valence-corrected chi connectivity index (χ1v) is 20.3. The Hall–Kier alpha value is -7.20. The highest BCUT2D eigenvalue weighted by Gasteiger charge is 2.20. The van der Waals surface area contributed by atoms with E-state index in [1.165, 1.54) is 91.1 Å². The Morgan fingerprint density at radius 3 is 1.82 bits per heavy atom. The lowest BCUT2D eigenvalue weighted by Crippen LogP contribution is -2.10. The quantitative estimate of drug-likeness (QED) is 0.159. The van der Waals surface area contributed by atoms with Gasteiger partial charge in [-0.1, -0.05) is 146 Å². The molecule has 0 saturated heterocycles. The van der Waals surface area contributed by atoms with E-state index in [0.29, 0.717) is 0 Å². The van der Waals surface area contributed by atoms with E-state index in [0.717, 1.165) is 17.1 Å². The Morgan fingerprint density at radius 1 is 0.368 bits per heavy atom. The summed E-state index contributed by atoms with van der Waals surface area (Å²) in [6, 6.07) is 75.8. The van der Waals surface area contributed by atoms with Crippen LogP contribution in [0.4, 0.5) is 17.1 Å². The minimum atomic E-state index is 1.12. The molecule has 0 atom stereocenters. The van der Waals surface area contributed by atoms with E-state index in [4.69, 9.17) is 0 Å². The van der Waals surface area contributed by atoms with E-state index in [2.05, 4.69) is 216 Å². The van der Waals surface area contributed by atoms with Crippen LogP contribution in [-0.2, 0) is 0 Å². The first kappa shape index (κ1) is 32.1. The Labute approximate surface area is 333 Å². The summed E-state index contributed by atoms with van der Waals surface area (Å²) in [6.45, 7) is 0. The van der Waals surface area contributed by atoms with Crippen LogP contribution >= 0.6 is 11.3 Å². The summed E-state index contributed by atoms with van der Waals surface area (Å²) >= 11 is 1.86. The van der Waals surface area contributed by atoms with Crippen molar-refractivity contribution >= 4 is 103 Å². The Kier molecular flexibility index (Phi) is 7.13. The third-order valence-electron chi connectivity index (χ3n) is 11.7. The smallest absolute Gasteiger partial charge is 0.0619 e. The second-order valence-electron chi connectivity index (χ2n) is 14.9. The maximum Gasteiger partial charge on any atom is 0.0619 e. The van der Waals surface area contributed by atoms with E-state index < -0.39 is 0 Å². The summed E-state index contributed by atoms with van der Waals surface area (Å²) in [7, 11) is 0. The maximum atomic E-state index is 2.45. The minimum Gasteiger partial charge on any atom is -0.310 e. The zero-order valence-corrected chi connectivity index (χ0v) is 31.7. The van der Waals surface area contributed by atoms with Gasteiger partial charge in [0.05, 0.1) is 16.7 Å². The fourth-order valence-electron chi connectivity index (χ4n) is 9.10. The predicted octanol–water partition coefficient (Wildman–Crippen LogP) is 15.7. The van der Waals surface area contributed by atoms with E-state index in [1.807, 2.05) is 11.3 Å². The number of thiophene rings is 1. The molecule has 2 aromatic heterocycles. The lowest BCUT2D eigenvalue weighted by Gasteiger charge is -2.27. The first-order valence-electron chi connectivity index (χ1n) is 19.5. The predicted molar refractivity (Wildman–Crippen MR) is 246 cm³/mol. The van der Waals surface area contributed by atoms with Gasteiger partial charge < -0.3 is 9.47 Å². The van der Waals surface area contributed by atoms with Gasteiger partial charge in [0.2, 0.25) is 0 Å². The number of hydrogen-bond acceptors (Lipinski definition) is 2. The van der Waals surface area contributed by atoms with Gasteiger partial charge in [-0.25, -0.2) is 0 Å². The van der Waals surface area contributed by atoms with Crippen LogP contribution in [-0.4, -0.2) is 4.57 Å². The van der Waals surface area contributed by atoms with E-state index >= 15 is 0 Å². The number of para-hydroxylation sites is 1. The fraction of sp³-hybridized carbons (Fsp3) is 0. The summed E-state index contributed by atoms with van der Waals surface area (Å²) in [4.78, 5) is 2.45. The van der Waals surface area contributed by atoms with Crippen LogP contribution in [0.5, 0.6) is 0 Å². The summed E-state index contributed by atoms with van der Waals surface area (Å²) in [6.07, 6.45) is 0. The zero-order valence-electron chi connectivity index (χ0n) is 30.9.